The number of sulfonamides is 1. The van der Waals surface area contributed by atoms with E-state index in [0.717, 1.165) is 36.6 Å². The van der Waals surface area contributed by atoms with E-state index >= 15 is 0 Å². The molecule has 1 heterocycles. The van der Waals surface area contributed by atoms with Gasteiger partial charge < -0.3 is 4.98 Å². The molecule has 8 nitrogen and oxygen atoms in total. The van der Waals surface area contributed by atoms with Crippen LogP contribution in [0.2, 0.25) is 0 Å². The number of hydrogen-bond acceptors (Lipinski definition) is 5. The van der Waals surface area contributed by atoms with Gasteiger partial charge in [-0.15, -0.1) is 0 Å². The molecule has 0 atom stereocenters. The fraction of sp³-hybridized carbons (Fsp3) is 0.318. The lowest BCUT2D eigenvalue weighted by molar-refractivity contribution is -0.384. The summed E-state index contributed by atoms with van der Waals surface area (Å²) in [4.78, 5) is 25.9. The molecule has 0 amide bonds. The Morgan fingerprint density at radius 1 is 1.10 bits per heavy atom. The van der Waals surface area contributed by atoms with Crippen molar-refractivity contribution in [3.8, 4) is 0 Å². The summed E-state index contributed by atoms with van der Waals surface area (Å²) in [7, 11) is -3.94. The van der Waals surface area contributed by atoms with Crippen LogP contribution >= 0.6 is 0 Å². The molecule has 162 valence electrons. The molecule has 0 aliphatic heterocycles. The van der Waals surface area contributed by atoms with Gasteiger partial charge in [-0.3, -0.25) is 14.9 Å². The van der Waals surface area contributed by atoms with Crippen molar-refractivity contribution >= 4 is 26.6 Å². The molecule has 1 saturated carbocycles. The third-order valence-electron chi connectivity index (χ3n) is 5.79. The molecule has 1 N–H and O–H groups in total. The highest BCUT2D eigenvalue weighted by atomic mass is 32.2. The number of benzene rings is 2. The van der Waals surface area contributed by atoms with Gasteiger partial charge in [0.05, 0.1) is 9.82 Å². The van der Waals surface area contributed by atoms with E-state index in [-0.39, 0.29) is 28.7 Å². The molecule has 0 unspecified atom stereocenters. The third-order valence-corrected chi connectivity index (χ3v) is 7.70. The second-order valence-corrected chi connectivity index (χ2v) is 9.84. The summed E-state index contributed by atoms with van der Waals surface area (Å²) < 4.78 is 28.3. The van der Waals surface area contributed by atoms with E-state index in [1.165, 1.54) is 28.6 Å². The lowest BCUT2D eigenvalue weighted by Gasteiger charge is -2.28. The lowest BCUT2D eigenvalue weighted by Crippen LogP contribution is -2.39. The Labute approximate surface area is 179 Å². The Bertz CT molecular complexity index is 1290. The highest BCUT2D eigenvalue weighted by molar-refractivity contribution is 7.89. The highest BCUT2D eigenvalue weighted by Gasteiger charge is 2.34. The number of fused-ring (bicyclic) bond motifs is 1. The maximum Gasteiger partial charge on any atom is 0.269 e. The zero-order chi connectivity index (χ0) is 22.2. The van der Waals surface area contributed by atoms with Gasteiger partial charge in [0.25, 0.3) is 11.2 Å². The van der Waals surface area contributed by atoms with Gasteiger partial charge in [-0.25, -0.2) is 8.42 Å². The summed E-state index contributed by atoms with van der Waals surface area (Å²) in [5.74, 6) is 0. The molecule has 1 aromatic heterocycles. The molecular formula is C22H23N3O5S. The Morgan fingerprint density at radius 3 is 2.42 bits per heavy atom. The summed E-state index contributed by atoms with van der Waals surface area (Å²) >= 11 is 0. The molecule has 1 fully saturated rings. The highest BCUT2D eigenvalue weighted by Crippen LogP contribution is 2.31. The number of nitrogens with zero attached hydrogens (tertiary/aromatic N) is 2. The van der Waals surface area contributed by atoms with Gasteiger partial charge in [0.1, 0.15) is 0 Å². The van der Waals surface area contributed by atoms with Crippen LogP contribution in [0.1, 0.15) is 36.8 Å². The normalized spacial score (nSPS) is 15.0. The first-order chi connectivity index (χ1) is 14.8. The van der Waals surface area contributed by atoms with E-state index in [1.54, 1.807) is 6.07 Å². The van der Waals surface area contributed by atoms with E-state index < -0.39 is 14.9 Å². The van der Waals surface area contributed by atoms with Gasteiger partial charge in [-0.05, 0) is 55.0 Å². The summed E-state index contributed by atoms with van der Waals surface area (Å²) in [6.07, 6.45) is 3.28. The molecule has 0 saturated heterocycles. The largest absolute Gasteiger partial charge is 0.322 e. The number of rotatable bonds is 6. The number of nitrogens with one attached hydrogen (secondary N) is 1. The number of aromatic amines is 1. The molecule has 3 aromatic rings. The number of H-pyrrole nitrogens is 1. The standard InChI is InChI=1S/C22H23N3O5S/c1-15-6-7-16-13-17(22(26)23-21(16)12-15)14-24(18-4-2-3-5-18)31(29,30)20-10-8-19(9-11-20)25(27)28/h6-13,18H,2-5,14H2,1H3,(H,23,26). The van der Waals surface area contributed by atoms with Crippen LogP contribution in [0.3, 0.4) is 0 Å². The van der Waals surface area contributed by atoms with Crippen molar-refractivity contribution in [3.63, 3.8) is 0 Å². The number of pyridine rings is 1. The first kappa shape index (κ1) is 21.2. The van der Waals surface area contributed by atoms with Gasteiger partial charge in [0.2, 0.25) is 10.0 Å². The van der Waals surface area contributed by atoms with Crippen LogP contribution in [0.4, 0.5) is 5.69 Å². The van der Waals surface area contributed by atoms with E-state index in [0.29, 0.717) is 11.1 Å². The van der Waals surface area contributed by atoms with Gasteiger partial charge in [-0.1, -0.05) is 25.0 Å². The third kappa shape index (κ3) is 4.24. The molecule has 0 bridgehead atoms. The summed E-state index contributed by atoms with van der Waals surface area (Å²) in [6.45, 7) is 1.88. The second kappa shape index (κ2) is 8.24. The topological polar surface area (TPSA) is 113 Å². The van der Waals surface area contributed by atoms with Crippen molar-refractivity contribution in [2.45, 2.75) is 50.1 Å². The second-order valence-electron chi connectivity index (χ2n) is 7.95. The maximum atomic E-state index is 13.5. The Kier molecular flexibility index (Phi) is 5.63. The minimum Gasteiger partial charge on any atom is -0.322 e. The van der Waals surface area contributed by atoms with Gasteiger partial charge in [0, 0.05) is 35.8 Å². The molecular weight excluding hydrogens is 418 g/mol. The van der Waals surface area contributed by atoms with Crippen LogP contribution < -0.4 is 5.56 Å². The minimum absolute atomic E-state index is 0.0159. The van der Waals surface area contributed by atoms with Crippen molar-refractivity contribution in [1.82, 2.24) is 9.29 Å². The molecule has 2 aromatic carbocycles. The maximum absolute atomic E-state index is 13.5. The molecule has 1 aliphatic rings. The fourth-order valence-electron chi connectivity index (χ4n) is 4.12. The van der Waals surface area contributed by atoms with Crippen molar-refractivity contribution < 1.29 is 13.3 Å². The summed E-state index contributed by atoms with van der Waals surface area (Å²) in [6, 6.07) is 12.1. The molecule has 9 heteroatoms. The first-order valence-electron chi connectivity index (χ1n) is 10.1. The molecule has 0 spiro atoms. The van der Waals surface area contributed by atoms with Crippen LogP contribution in [0.15, 0.2) is 58.2 Å². The van der Waals surface area contributed by atoms with E-state index in [2.05, 4.69) is 4.98 Å². The average Bonchev–Trinajstić information content (AvgIpc) is 3.26. The number of aryl methyl sites for hydroxylation is 1. The molecule has 31 heavy (non-hydrogen) atoms. The molecule has 4 rings (SSSR count). The summed E-state index contributed by atoms with van der Waals surface area (Å²) in [5, 5.41) is 11.8. The van der Waals surface area contributed by atoms with Gasteiger partial charge in [0.15, 0.2) is 0 Å². The van der Waals surface area contributed by atoms with E-state index in [4.69, 9.17) is 0 Å². The quantitative estimate of drug-likeness (QED) is 0.461. The predicted molar refractivity (Wildman–Crippen MR) is 117 cm³/mol. The van der Waals surface area contributed by atoms with Crippen molar-refractivity contribution in [2.75, 3.05) is 0 Å². The van der Waals surface area contributed by atoms with E-state index in [1.807, 2.05) is 25.1 Å². The fourth-order valence-corrected chi connectivity index (χ4v) is 5.79. The van der Waals surface area contributed by atoms with Crippen molar-refractivity contribution in [3.05, 3.63) is 80.1 Å². The van der Waals surface area contributed by atoms with Crippen molar-refractivity contribution in [2.24, 2.45) is 0 Å². The number of nitro benzene ring substituents is 1. The van der Waals surface area contributed by atoms with Gasteiger partial charge in [-0.2, -0.15) is 4.31 Å². The average molecular weight is 442 g/mol. The molecule has 1 aliphatic carbocycles. The summed E-state index contributed by atoms with van der Waals surface area (Å²) in [5.41, 5.74) is 1.60. The smallest absolute Gasteiger partial charge is 0.269 e. The van der Waals surface area contributed by atoms with Crippen LogP contribution in [0.25, 0.3) is 10.9 Å². The zero-order valence-electron chi connectivity index (χ0n) is 17.1. The lowest BCUT2D eigenvalue weighted by atomic mass is 10.1. The van der Waals surface area contributed by atoms with Crippen LogP contribution in [0, 0.1) is 17.0 Å². The minimum atomic E-state index is -3.94. The number of non-ortho nitro benzene ring substituents is 1. The monoisotopic (exact) mass is 441 g/mol. The van der Waals surface area contributed by atoms with Crippen LogP contribution in [-0.4, -0.2) is 28.7 Å². The van der Waals surface area contributed by atoms with E-state index in [9.17, 15) is 23.3 Å². The Hall–Kier alpha value is -3.04. The Balaban J connectivity index is 1.74. The van der Waals surface area contributed by atoms with Crippen molar-refractivity contribution in [1.29, 1.82) is 0 Å². The Morgan fingerprint density at radius 2 is 1.77 bits per heavy atom. The van der Waals surface area contributed by atoms with Crippen LogP contribution in [0.5, 0.6) is 0 Å². The first-order valence-corrected chi connectivity index (χ1v) is 11.6. The SMILES string of the molecule is Cc1ccc2cc(CN(C3CCCC3)S(=O)(=O)c3ccc([N+](=O)[O-])cc3)c(=O)[nH]c2c1. The zero-order valence-corrected chi connectivity index (χ0v) is 17.9. The number of nitro groups is 1. The van der Waals surface area contributed by atoms with Crippen LogP contribution in [-0.2, 0) is 16.6 Å². The predicted octanol–water partition coefficient (Wildman–Crippen LogP) is 3.88. The molecule has 0 radical (unpaired) electrons. The van der Waals surface area contributed by atoms with Gasteiger partial charge >= 0.3 is 0 Å². The number of aromatic nitrogens is 1. The number of hydrogen-bond donors (Lipinski definition) is 1.